The normalized spacial score (nSPS) is 17.4. The summed E-state index contributed by atoms with van der Waals surface area (Å²) in [6, 6.07) is 14.3. The number of aromatic nitrogens is 1. The number of rotatable bonds is 7. The van der Waals surface area contributed by atoms with E-state index in [1.165, 1.54) is 5.56 Å². The highest BCUT2D eigenvalue weighted by molar-refractivity contribution is 5.54. The van der Waals surface area contributed by atoms with Crippen LogP contribution in [0.2, 0.25) is 0 Å². The smallest absolute Gasteiger partial charge is 0.161 e. The molecule has 1 N–H and O–H groups in total. The van der Waals surface area contributed by atoms with Gasteiger partial charge in [-0.15, -0.1) is 0 Å². The summed E-state index contributed by atoms with van der Waals surface area (Å²) in [7, 11) is 4.99. The van der Waals surface area contributed by atoms with Crippen molar-refractivity contribution in [2.75, 3.05) is 27.9 Å². The van der Waals surface area contributed by atoms with Crippen LogP contribution in [0.4, 0.5) is 0 Å². The number of fused-ring (bicyclic) bond motifs is 1. The highest BCUT2D eigenvalue weighted by Gasteiger charge is 2.31. The minimum absolute atomic E-state index is 0.0597. The zero-order chi connectivity index (χ0) is 22.7. The second kappa shape index (κ2) is 9.49. The molecule has 32 heavy (non-hydrogen) atoms. The maximum Gasteiger partial charge on any atom is 0.161 e. The lowest BCUT2D eigenvalue weighted by Crippen LogP contribution is -2.35. The molecule has 1 aliphatic rings. The van der Waals surface area contributed by atoms with Gasteiger partial charge in [0.2, 0.25) is 0 Å². The van der Waals surface area contributed by atoms with Crippen molar-refractivity contribution in [1.82, 2.24) is 10.3 Å². The first kappa shape index (κ1) is 22.0. The number of pyridine rings is 1. The molecule has 0 amide bonds. The Hall–Kier alpha value is -3.25. The van der Waals surface area contributed by atoms with E-state index < -0.39 is 0 Å². The molecule has 2 atom stereocenters. The fourth-order valence-electron chi connectivity index (χ4n) is 4.41. The van der Waals surface area contributed by atoms with Gasteiger partial charge in [0.1, 0.15) is 0 Å². The van der Waals surface area contributed by atoms with Crippen molar-refractivity contribution in [3.8, 4) is 23.0 Å². The lowest BCUT2D eigenvalue weighted by Gasteiger charge is -2.35. The zero-order valence-electron chi connectivity index (χ0n) is 19.3. The predicted molar refractivity (Wildman–Crippen MR) is 124 cm³/mol. The molecule has 6 heteroatoms. The van der Waals surface area contributed by atoms with Crippen molar-refractivity contribution in [3.05, 3.63) is 76.6 Å². The lowest BCUT2D eigenvalue weighted by atomic mass is 9.84. The Morgan fingerprint density at radius 1 is 0.938 bits per heavy atom. The third-order valence-corrected chi connectivity index (χ3v) is 5.95. The van der Waals surface area contributed by atoms with Gasteiger partial charge in [0.25, 0.3) is 0 Å². The van der Waals surface area contributed by atoms with Gasteiger partial charge < -0.3 is 18.9 Å². The van der Waals surface area contributed by atoms with Crippen LogP contribution < -0.4 is 24.3 Å². The topological polar surface area (TPSA) is 61.8 Å². The van der Waals surface area contributed by atoms with Gasteiger partial charge in [0.05, 0.1) is 45.7 Å². The minimum Gasteiger partial charge on any atom is -0.493 e. The number of ether oxygens (including phenoxy) is 4. The molecule has 3 aromatic rings. The quantitative estimate of drug-likeness (QED) is 0.577. The van der Waals surface area contributed by atoms with Crippen LogP contribution in [-0.4, -0.2) is 32.9 Å². The summed E-state index contributed by atoms with van der Waals surface area (Å²) >= 11 is 0. The standard InChI is InChI=1S/C26H30N2O4/c1-6-32-24-13-17(9-10-21(24)29-3)26-19-15-23(31-5)22(30-4)14-18(19)12-20(28-26)25-16(2)8-7-11-27-25/h7-11,13-15,20,26,28H,6,12H2,1-5H3/t20-,26-/m0/s1. The number of hydrogen-bond donors (Lipinski definition) is 1. The van der Waals surface area contributed by atoms with Crippen LogP contribution in [0.25, 0.3) is 0 Å². The number of aryl methyl sites for hydroxylation is 1. The van der Waals surface area contributed by atoms with Gasteiger partial charge >= 0.3 is 0 Å². The molecule has 0 unspecified atom stereocenters. The summed E-state index contributed by atoms with van der Waals surface area (Å²) < 4.78 is 22.5. The Labute approximate surface area is 189 Å². The van der Waals surface area contributed by atoms with Crippen LogP contribution >= 0.6 is 0 Å². The summed E-state index contributed by atoms with van der Waals surface area (Å²) in [5.74, 6) is 2.89. The summed E-state index contributed by atoms with van der Waals surface area (Å²) in [5.41, 5.74) is 5.66. The maximum atomic E-state index is 5.85. The highest BCUT2D eigenvalue weighted by atomic mass is 16.5. The molecular formula is C26H30N2O4. The molecule has 1 aliphatic heterocycles. The molecule has 0 spiro atoms. The lowest BCUT2D eigenvalue weighted by molar-refractivity contribution is 0.310. The van der Waals surface area contributed by atoms with Crippen LogP contribution in [0.1, 0.15) is 47.0 Å². The van der Waals surface area contributed by atoms with Crippen molar-refractivity contribution in [3.63, 3.8) is 0 Å². The zero-order valence-corrected chi connectivity index (χ0v) is 19.3. The monoisotopic (exact) mass is 434 g/mol. The number of hydrogen-bond acceptors (Lipinski definition) is 6. The van der Waals surface area contributed by atoms with Crippen LogP contribution in [0.5, 0.6) is 23.0 Å². The first-order valence-corrected chi connectivity index (χ1v) is 10.8. The van der Waals surface area contributed by atoms with E-state index in [0.717, 1.165) is 46.1 Å². The minimum atomic E-state index is -0.0740. The molecule has 0 bridgehead atoms. The second-order valence-electron chi connectivity index (χ2n) is 7.81. The molecular weight excluding hydrogens is 404 g/mol. The van der Waals surface area contributed by atoms with Gasteiger partial charge in [0.15, 0.2) is 23.0 Å². The summed E-state index contributed by atoms with van der Waals surface area (Å²) in [5, 5.41) is 3.82. The molecule has 4 rings (SSSR count). The first-order chi connectivity index (χ1) is 15.6. The Balaban J connectivity index is 1.85. The van der Waals surface area contributed by atoms with Gasteiger partial charge in [0, 0.05) is 6.20 Å². The number of nitrogens with one attached hydrogen (secondary N) is 1. The van der Waals surface area contributed by atoms with Gasteiger partial charge in [-0.1, -0.05) is 12.1 Å². The molecule has 0 aliphatic carbocycles. The fraction of sp³-hybridized carbons (Fsp3) is 0.346. The largest absolute Gasteiger partial charge is 0.493 e. The third-order valence-electron chi connectivity index (χ3n) is 5.95. The first-order valence-electron chi connectivity index (χ1n) is 10.8. The van der Waals surface area contributed by atoms with Crippen LogP contribution in [0.15, 0.2) is 48.7 Å². The van der Waals surface area contributed by atoms with E-state index in [-0.39, 0.29) is 12.1 Å². The number of nitrogens with zero attached hydrogens (tertiary/aromatic N) is 1. The van der Waals surface area contributed by atoms with Crippen LogP contribution in [0, 0.1) is 6.92 Å². The van der Waals surface area contributed by atoms with Crippen molar-refractivity contribution >= 4 is 0 Å². The summed E-state index contributed by atoms with van der Waals surface area (Å²) in [6.07, 6.45) is 2.65. The molecule has 0 saturated heterocycles. The van der Waals surface area contributed by atoms with E-state index in [2.05, 4.69) is 36.5 Å². The highest BCUT2D eigenvalue weighted by Crippen LogP contribution is 2.42. The van der Waals surface area contributed by atoms with Gasteiger partial charge in [-0.2, -0.15) is 0 Å². The third kappa shape index (κ3) is 4.10. The molecule has 0 saturated carbocycles. The molecule has 0 radical (unpaired) electrons. The number of methoxy groups -OCH3 is 3. The summed E-state index contributed by atoms with van der Waals surface area (Å²) in [4.78, 5) is 4.69. The van der Waals surface area contributed by atoms with E-state index in [0.29, 0.717) is 12.4 Å². The SMILES string of the molecule is CCOc1cc([C@@H]2N[C@H](c3ncccc3C)Cc3cc(OC)c(OC)cc32)ccc1OC. The van der Waals surface area contributed by atoms with Gasteiger partial charge in [-0.3, -0.25) is 10.3 Å². The van der Waals surface area contributed by atoms with E-state index in [4.69, 9.17) is 23.9 Å². The van der Waals surface area contributed by atoms with Crippen molar-refractivity contribution in [1.29, 1.82) is 0 Å². The average molecular weight is 435 g/mol. The molecule has 6 nitrogen and oxygen atoms in total. The Bertz CT molecular complexity index is 1100. The van der Waals surface area contributed by atoms with Crippen LogP contribution in [-0.2, 0) is 6.42 Å². The molecule has 168 valence electrons. The predicted octanol–water partition coefficient (Wildman–Crippen LogP) is 4.79. The van der Waals surface area contributed by atoms with Crippen molar-refractivity contribution in [2.45, 2.75) is 32.4 Å². The van der Waals surface area contributed by atoms with E-state index in [9.17, 15) is 0 Å². The Morgan fingerprint density at radius 3 is 2.38 bits per heavy atom. The fourth-order valence-corrected chi connectivity index (χ4v) is 4.41. The number of benzene rings is 2. The van der Waals surface area contributed by atoms with E-state index in [1.54, 1.807) is 21.3 Å². The molecule has 0 fully saturated rings. The molecule has 2 heterocycles. The van der Waals surface area contributed by atoms with Crippen LogP contribution in [0.3, 0.4) is 0 Å². The van der Waals surface area contributed by atoms with Crippen molar-refractivity contribution < 1.29 is 18.9 Å². The Morgan fingerprint density at radius 2 is 1.69 bits per heavy atom. The summed E-state index contributed by atoms with van der Waals surface area (Å²) in [6.45, 7) is 4.64. The van der Waals surface area contributed by atoms with E-state index in [1.807, 2.05) is 31.3 Å². The Kier molecular flexibility index (Phi) is 6.51. The average Bonchev–Trinajstić information content (AvgIpc) is 2.83. The molecule has 1 aromatic heterocycles. The van der Waals surface area contributed by atoms with Gasteiger partial charge in [-0.05, 0) is 72.9 Å². The maximum absolute atomic E-state index is 5.85. The van der Waals surface area contributed by atoms with Gasteiger partial charge in [-0.25, -0.2) is 0 Å². The van der Waals surface area contributed by atoms with E-state index >= 15 is 0 Å². The second-order valence-corrected chi connectivity index (χ2v) is 7.81. The van der Waals surface area contributed by atoms with Crippen molar-refractivity contribution in [2.24, 2.45) is 0 Å². The molecule has 2 aromatic carbocycles.